The van der Waals surface area contributed by atoms with Gasteiger partial charge in [-0.3, -0.25) is 9.69 Å². The minimum atomic E-state index is -0.0845. The van der Waals surface area contributed by atoms with E-state index in [4.69, 9.17) is 5.73 Å². The Bertz CT molecular complexity index is 184. The summed E-state index contributed by atoms with van der Waals surface area (Å²) in [6.45, 7) is 5.31. The van der Waals surface area contributed by atoms with E-state index in [9.17, 15) is 4.79 Å². The number of hydrogen-bond acceptors (Lipinski definition) is 3. The van der Waals surface area contributed by atoms with Gasteiger partial charge in [-0.2, -0.15) is 0 Å². The summed E-state index contributed by atoms with van der Waals surface area (Å²) in [5.41, 5.74) is 5.59. The van der Waals surface area contributed by atoms with Gasteiger partial charge in [0.25, 0.3) is 0 Å². The molecule has 0 aromatic rings. The lowest BCUT2D eigenvalue weighted by atomic mass is 10.1. The Morgan fingerprint density at radius 2 is 2.23 bits per heavy atom. The van der Waals surface area contributed by atoms with Crippen LogP contribution in [0, 0.1) is 0 Å². The predicted octanol–water partition coefficient (Wildman–Crippen LogP) is -0.502. The topological polar surface area (TPSA) is 49.6 Å². The third-order valence-corrected chi connectivity index (χ3v) is 2.56. The highest BCUT2D eigenvalue weighted by Crippen LogP contribution is 2.09. The standard InChI is InChI=1S/C9H19N3O/c1-3-4-12-6-5-11(2)9(13)8(12)7-10/h8H,3-7,10H2,1-2H3. The number of hydrogen-bond donors (Lipinski definition) is 1. The number of amides is 1. The average Bonchev–Trinajstić information content (AvgIpc) is 2.12. The molecule has 1 saturated heterocycles. The lowest BCUT2D eigenvalue weighted by Crippen LogP contribution is -2.58. The molecule has 13 heavy (non-hydrogen) atoms. The van der Waals surface area contributed by atoms with Crippen LogP contribution >= 0.6 is 0 Å². The number of carbonyl (C=O) groups excluding carboxylic acids is 1. The Balaban J connectivity index is 2.60. The van der Waals surface area contributed by atoms with Gasteiger partial charge in [0.15, 0.2) is 0 Å². The summed E-state index contributed by atoms with van der Waals surface area (Å²) in [7, 11) is 1.84. The van der Waals surface area contributed by atoms with Gasteiger partial charge >= 0.3 is 0 Å². The van der Waals surface area contributed by atoms with E-state index in [1.165, 1.54) is 0 Å². The van der Waals surface area contributed by atoms with E-state index < -0.39 is 0 Å². The normalized spacial score (nSPS) is 25.3. The molecule has 4 heteroatoms. The van der Waals surface area contributed by atoms with Crippen molar-refractivity contribution in [3.63, 3.8) is 0 Å². The molecule has 1 aliphatic heterocycles. The zero-order valence-corrected chi connectivity index (χ0v) is 8.49. The largest absolute Gasteiger partial charge is 0.343 e. The minimum Gasteiger partial charge on any atom is -0.343 e. The van der Waals surface area contributed by atoms with Crippen LogP contribution in [0.25, 0.3) is 0 Å². The van der Waals surface area contributed by atoms with Crippen LogP contribution in [-0.2, 0) is 4.79 Å². The van der Waals surface area contributed by atoms with Crippen molar-refractivity contribution in [1.29, 1.82) is 0 Å². The second-order valence-electron chi connectivity index (χ2n) is 3.55. The highest BCUT2D eigenvalue weighted by atomic mass is 16.2. The smallest absolute Gasteiger partial charge is 0.241 e. The van der Waals surface area contributed by atoms with Crippen LogP contribution in [0.4, 0.5) is 0 Å². The maximum Gasteiger partial charge on any atom is 0.241 e. The Morgan fingerprint density at radius 1 is 1.54 bits per heavy atom. The summed E-state index contributed by atoms with van der Waals surface area (Å²) < 4.78 is 0. The lowest BCUT2D eigenvalue weighted by Gasteiger charge is -2.38. The highest BCUT2D eigenvalue weighted by Gasteiger charge is 2.30. The van der Waals surface area contributed by atoms with Crippen molar-refractivity contribution in [3.8, 4) is 0 Å². The van der Waals surface area contributed by atoms with E-state index in [-0.39, 0.29) is 11.9 Å². The Morgan fingerprint density at radius 3 is 2.77 bits per heavy atom. The molecular formula is C9H19N3O. The maximum absolute atomic E-state index is 11.6. The highest BCUT2D eigenvalue weighted by molar-refractivity contribution is 5.82. The Kier molecular flexibility index (Phi) is 3.69. The molecule has 0 aliphatic carbocycles. The first-order valence-corrected chi connectivity index (χ1v) is 4.89. The number of nitrogens with two attached hydrogens (primary N) is 1. The van der Waals surface area contributed by atoms with Gasteiger partial charge in [-0.25, -0.2) is 0 Å². The third-order valence-electron chi connectivity index (χ3n) is 2.56. The second kappa shape index (κ2) is 4.58. The summed E-state index contributed by atoms with van der Waals surface area (Å²) in [5.74, 6) is 0.169. The van der Waals surface area contributed by atoms with Gasteiger partial charge in [-0.1, -0.05) is 6.92 Å². The zero-order chi connectivity index (χ0) is 9.84. The van der Waals surface area contributed by atoms with Gasteiger partial charge in [0.05, 0.1) is 0 Å². The fraction of sp³-hybridized carbons (Fsp3) is 0.889. The monoisotopic (exact) mass is 185 g/mol. The molecule has 0 aromatic carbocycles. The van der Waals surface area contributed by atoms with Gasteiger partial charge in [0.1, 0.15) is 6.04 Å². The van der Waals surface area contributed by atoms with E-state index >= 15 is 0 Å². The van der Waals surface area contributed by atoms with Crippen molar-refractivity contribution in [2.24, 2.45) is 5.73 Å². The summed E-state index contributed by atoms with van der Waals surface area (Å²) in [4.78, 5) is 15.6. The molecule has 0 aromatic heterocycles. The first kappa shape index (κ1) is 10.5. The molecule has 1 heterocycles. The van der Waals surface area contributed by atoms with E-state index in [1.807, 2.05) is 7.05 Å². The van der Waals surface area contributed by atoms with E-state index in [0.717, 1.165) is 26.1 Å². The van der Waals surface area contributed by atoms with E-state index in [2.05, 4.69) is 11.8 Å². The molecular weight excluding hydrogens is 166 g/mol. The van der Waals surface area contributed by atoms with Crippen LogP contribution in [0.2, 0.25) is 0 Å². The number of nitrogens with zero attached hydrogens (tertiary/aromatic N) is 2. The lowest BCUT2D eigenvalue weighted by molar-refractivity contribution is -0.139. The van der Waals surface area contributed by atoms with Crippen LogP contribution in [0.3, 0.4) is 0 Å². The van der Waals surface area contributed by atoms with Gasteiger partial charge in [0, 0.05) is 26.7 Å². The number of likely N-dealkylation sites (N-methyl/N-ethyl adjacent to an activating group) is 1. The van der Waals surface area contributed by atoms with Crippen molar-refractivity contribution in [3.05, 3.63) is 0 Å². The molecule has 1 amide bonds. The summed E-state index contributed by atoms with van der Waals surface area (Å²) >= 11 is 0. The van der Waals surface area contributed by atoms with Crippen LogP contribution < -0.4 is 5.73 Å². The molecule has 0 bridgehead atoms. The van der Waals surface area contributed by atoms with E-state index in [1.54, 1.807) is 4.90 Å². The van der Waals surface area contributed by atoms with Crippen LogP contribution in [0.1, 0.15) is 13.3 Å². The van der Waals surface area contributed by atoms with Gasteiger partial charge in [-0.15, -0.1) is 0 Å². The summed E-state index contributed by atoms with van der Waals surface area (Å²) in [6, 6.07) is -0.0845. The maximum atomic E-state index is 11.6. The molecule has 1 rings (SSSR count). The zero-order valence-electron chi connectivity index (χ0n) is 8.49. The molecule has 1 unspecified atom stereocenters. The number of piperazine rings is 1. The third kappa shape index (κ3) is 2.19. The minimum absolute atomic E-state index is 0.0845. The number of carbonyl (C=O) groups is 1. The molecule has 0 radical (unpaired) electrons. The molecule has 0 spiro atoms. The van der Waals surface area contributed by atoms with Crippen LogP contribution in [0.5, 0.6) is 0 Å². The Hall–Kier alpha value is -0.610. The predicted molar refractivity (Wildman–Crippen MR) is 52.3 cm³/mol. The van der Waals surface area contributed by atoms with Gasteiger partial charge in [-0.05, 0) is 13.0 Å². The van der Waals surface area contributed by atoms with Crippen molar-refractivity contribution in [2.45, 2.75) is 19.4 Å². The number of rotatable bonds is 3. The molecule has 2 N–H and O–H groups in total. The molecule has 1 fully saturated rings. The van der Waals surface area contributed by atoms with E-state index in [0.29, 0.717) is 6.54 Å². The molecule has 4 nitrogen and oxygen atoms in total. The molecule has 0 saturated carbocycles. The van der Waals surface area contributed by atoms with Gasteiger partial charge < -0.3 is 10.6 Å². The summed E-state index contributed by atoms with van der Waals surface area (Å²) in [5, 5.41) is 0. The second-order valence-corrected chi connectivity index (χ2v) is 3.55. The molecule has 76 valence electrons. The SMILES string of the molecule is CCCN1CCN(C)C(=O)C1CN. The van der Waals surface area contributed by atoms with Crippen molar-refractivity contribution in [1.82, 2.24) is 9.80 Å². The Labute approximate surface area is 79.7 Å². The van der Waals surface area contributed by atoms with Crippen molar-refractivity contribution >= 4 is 5.91 Å². The fourth-order valence-electron chi connectivity index (χ4n) is 1.76. The van der Waals surface area contributed by atoms with Crippen LogP contribution in [-0.4, -0.2) is 55.0 Å². The van der Waals surface area contributed by atoms with Crippen molar-refractivity contribution in [2.75, 3.05) is 33.2 Å². The average molecular weight is 185 g/mol. The molecule has 1 aliphatic rings. The quantitative estimate of drug-likeness (QED) is 0.645. The summed E-state index contributed by atoms with van der Waals surface area (Å²) in [6.07, 6.45) is 1.08. The van der Waals surface area contributed by atoms with Crippen molar-refractivity contribution < 1.29 is 4.79 Å². The molecule has 1 atom stereocenters. The first-order chi connectivity index (χ1) is 6.20. The van der Waals surface area contributed by atoms with Gasteiger partial charge in [0.2, 0.25) is 5.91 Å². The first-order valence-electron chi connectivity index (χ1n) is 4.89. The fourth-order valence-corrected chi connectivity index (χ4v) is 1.76. The van der Waals surface area contributed by atoms with Crippen LogP contribution in [0.15, 0.2) is 0 Å².